The lowest BCUT2D eigenvalue weighted by Gasteiger charge is -2.37. The number of hydrogen-bond donors (Lipinski definition) is 0. The lowest BCUT2D eigenvalue weighted by atomic mass is 10.1. The van der Waals surface area contributed by atoms with Gasteiger partial charge in [-0.25, -0.2) is 13.2 Å². The first-order chi connectivity index (χ1) is 14.2. The van der Waals surface area contributed by atoms with Crippen LogP contribution in [0.2, 0.25) is 5.02 Å². The van der Waals surface area contributed by atoms with E-state index in [9.17, 15) is 18.0 Å². The van der Waals surface area contributed by atoms with Crippen molar-refractivity contribution in [3.05, 3.63) is 39.2 Å². The Morgan fingerprint density at radius 1 is 1.23 bits per heavy atom. The van der Waals surface area contributed by atoms with E-state index in [0.717, 1.165) is 5.56 Å². The molecule has 0 N–H and O–H groups in total. The van der Waals surface area contributed by atoms with Crippen LogP contribution in [0.3, 0.4) is 0 Å². The van der Waals surface area contributed by atoms with Gasteiger partial charge in [0.15, 0.2) is 16.4 Å². The topological polar surface area (TPSA) is 97.1 Å². The van der Waals surface area contributed by atoms with Crippen LogP contribution in [-0.2, 0) is 14.6 Å². The Balaban J connectivity index is 1.35. The predicted molar refractivity (Wildman–Crippen MR) is 113 cm³/mol. The van der Waals surface area contributed by atoms with Gasteiger partial charge in [0.2, 0.25) is 0 Å². The van der Waals surface area contributed by atoms with Crippen LogP contribution in [0, 0.1) is 6.92 Å². The van der Waals surface area contributed by atoms with Crippen LogP contribution in [-0.4, -0.2) is 74.5 Å². The fourth-order valence-electron chi connectivity index (χ4n) is 4.06. The van der Waals surface area contributed by atoms with Crippen molar-refractivity contribution in [2.24, 2.45) is 0 Å². The number of sulfone groups is 1. The number of aryl methyl sites for hydroxylation is 1. The number of halogens is 1. The number of amides is 1. The third-order valence-corrected chi connectivity index (χ3v) is 7.79. The van der Waals surface area contributed by atoms with Crippen LogP contribution in [0.1, 0.15) is 12.0 Å². The minimum Gasteiger partial charge on any atom is -0.482 e. The number of ether oxygens (including phenoxy) is 1. The fourth-order valence-corrected chi connectivity index (χ4v) is 6.04. The summed E-state index contributed by atoms with van der Waals surface area (Å²) in [5.41, 5.74) is 0.642. The summed E-state index contributed by atoms with van der Waals surface area (Å²) < 4.78 is 34.2. The number of hydrogen-bond acceptors (Lipinski definition) is 7. The summed E-state index contributed by atoms with van der Waals surface area (Å²) in [6.45, 7) is 3.95. The van der Waals surface area contributed by atoms with E-state index >= 15 is 0 Å². The van der Waals surface area contributed by atoms with Crippen molar-refractivity contribution in [3.63, 3.8) is 0 Å². The van der Waals surface area contributed by atoms with Crippen molar-refractivity contribution in [2.45, 2.75) is 19.4 Å². The Kier molecular flexibility index (Phi) is 5.78. The van der Waals surface area contributed by atoms with Crippen LogP contribution in [0.15, 0.2) is 27.4 Å². The maximum absolute atomic E-state index is 12.6. The molecule has 0 saturated carbocycles. The van der Waals surface area contributed by atoms with E-state index in [0.29, 0.717) is 48.6 Å². The summed E-state index contributed by atoms with van der Waals surface area (Å²) in [7, 11) is -2.92. The lowest BCUT2D eigenvalue weighted by molar-refractivity contribution is -0.135. The quantitative estimate of drug-likeness (QED) is 0.645. The van der Waals surface area contributed by atoms with Gasteiger partial charge in [0.05, 0.1) is 16.5 Å². The van der Waals surface area contributed by atoms with E-state index in [1.807, 2.05) is 0 Å². The Morgan fingerprint density at radius 3 is 2.63 bits per heavy atom. The molecule has 2 aliphatic heterocycles. The third-order valence-electron chi connectivity index (χ3n) is 5.75. The molecule has 1 aromatic heterocycles. The number of carbonyl (C=O) groups excluding carboxylic acids is 1. The van der Waals surface area contributed by atoms with E-state index < -0.39 is 15.5 Å². The van der Waals surface area contributed by atoms with Gasteiger partial charge in [0.25, 0.3) is 5.91 Å². The minimum absolute atomic E-state index is 0.0537. The zero-order valence-corrected chi connectivity index (χ0v) is 18.2. The smallest absolute Gasteiger partial charge is 0.336 e. The predicted octanol–water partition coefficient (Wildman–Crippen LogP) is 1.46. The van der Waals surface area contributed by atoms with Gasteiger partial charge >= 0.3 is 5.63 Å². The highest BCUT2D eigenvalue weighted by atomic mass is 35.5. The average Bonchev–Trinajstić information content (AvgIpc) is 3.06. The molecule has 0 bridgehead atoms. The van der Waals surface area contributed by atoms with Crippen molar-refractivity contribution in [1.29, 1.82) is 0 Å². The first kappa shape index (κ1) is 21.1. The second kappa shape index (κ2) is 8.20. The average molecular weight is 455 g/mol. The summed E-state index contributed by atoms with van der Waals surface area (Å²) in [4.78, 5) is 28.0. The van der Waals surface area contributed by atoms with Crippen LogP contribution < -0.4 is 10.4 Å². The van der Waals surface area contributed by atoms with Gasteiger partial charge < -0.3 is 14.1 Å². The highest BCUT2D eigenvalue weighted by Gasteiger charge is 2.34. The summed E-state index contributed by atoms with van der Waals surface area (Å²) >= 11 is 6.27. The second-order valence-corrected chi connectivity index (χ2v) is 10.4. The highest BCUT2D eigenvalue weighted by molar-refractivity contribution is 7.91. The molecular formula is C20H23ClN2O6S. The molecule has 10 heteroatoms. The maximum atomic E-state index is 12.6. The molecule has 2 saturated heterocycles. The van der Waals surface area contributed by atoms with Gasteiger partial charge in [-0.1, -0.05) is 11.6 Å². The third kappa shape index (κ3) is 4.48. The van der Waals surface area contributed by atoms with Gasteiger partial charge in [-0.3, -0.25) is 9.69 Å². The molecule has 1 atom stereocenters. The standard InChI is InChI=1S/C20H23ClN2O6S/c1-13-8-20(25)29-17-10-18(16(21)9-15(13)17)28-11-19(24)23-5-3-22(4-6-23)14-2-7-30(26,27)12-14/h8-10,14H,2-7,11-12H2,1H3/t14-/m0/s1. The molecule has 0 aliphatic carbocycles. The molecule has 162 valence electrons. The van der Waals surface area contributed by atoms with Crippen LogP contribution in [0.4, 0.5) is 0 Å². The molecule has 2 fully saturated rings. The summed E-state index contributed by atoms with van der Waals surface area (Å²) in [6.07, 6.45) is 0.662. The van der Waals surface area contributed by atoms with Crippen LogP contribution in [0.5, 0.6) is 5.75 Å². The molecule has 0 radical (unpaired) electrons. The summed E-state index contributed by atoms with van der Waals surface area (Å²) in [5, 5.41) is 1.04. The number of piperazine rings is 1. The normalized spacial score (nSPS) is 21.8. The molecule has 4 rings (SSSR count). The number of benzene rings is 1. The molecule has 3 heterocycles. The van der Waals surface area contributed by atoms with E-state index in [4.69, 9.17) is 20.8 Å². The largest absolute Gasteiger partial charge is 0.482 e. The molecule has 0 unspecified atom stereocenters. The van der Waals surface area contributed by atoms with E-state index in [-0.39, 0.29) is 35.8 Å². The maximum Gasteiger partial charge on any atom is 0.336 e. The van der Waals surface area contributed by atoms with Crippen molar-refractivity contribution in [3.8, 4) is 5.75 Å². The minimum atomic E-state index is -2.92. The van der Waals surface area contributed by atoms with Gasteiger partial charge in [-0.05, 0) is 25.0 Å². The van der Waals surface area contributed by atoms with Gasteiger partial charge in [-0.15, -0.1) is 0 Å². The molecule has 0 spiro atoms. The zero-order chi connectivity index (χ0) is 21.5. The van der Waals surface area contributed by atoms with Gasteiger partial charge in [0, 0.05) is 49.7 Å². The van der Waals surface area contributed by atoms with Crippen LogP contribution in [0.25, 0.3) is 11.0 Å². The first-order valence-electron chi connectivity index (χ1n) is 9.81. The number of rotatable bonds is 4. The summed E-state index contributed by atoms with van der Waals surface area (Å²) in [5.74, 6) is 0.563. The lowest BCUT2D eigenvalue weighted by Crippen LogP contribution is -2.53. The number of carbonyl (C=O) groups is 1. The molecule has 1 amide bonds. The molecule has 30 heavy (non-hydrogen) atoms. The molecule has 2 aromatic rings. The Morgan fingerprint density at radius 2 is 1.97 bits per heavy atom. The Bertz CT molecular complexity index is 1140. The molecular weight excluding hydrogens is 432 g/mol. The SMILES string of the molecule is Cc1cc(=O)oc2cc(OCC(=O)N3CCN([C@H]4CCS(=O)(=O)C4)CC3)c(Cl)cc12. The van der Waals surface area contributed by atoms with E-state index in [2.05, 4.69) is 4.90 Å². The number of fused-ring (bicyclic) bond motifs is 1. The van der Waals surface area contributed by atoms with E-state index in [1.165, 1.54) is 12.1 Å². The fraction of sp³-hybridized carbons (Fsp3) is 0.500. The second-order valence-electron chi connectivity index (χ2n) is 7.79. The summed E-state index contributed by atoms with van der Waals surface area (Å²) in [6, 6.07) is 4.63. The van der Waals surface area contributed by atoms with Crippen molar-refractivity contribution >= 4 is 38.3 Å². The van der Waals surface area contributed by atoms with Crippen LogP contribution >= 0.6 is 11.6 Å². The monoisotopic (exact) mass is 454 g/mol. The van der Waals surface area contributed by atoms with Crippen molar-refractivity contribution < 1.29 is 22.4 Å². The molecule has 1 aromatic carbocycles. The molecule has 8 nitrogen and oxygen atoms in total. The molecule has 2 aliphatic rings. The first-order valence-corrected chi connectivity index (χ1v) is 12.0. The van der Waals surface area contributed by atoms with Crippen molar-refractivity contribution in [1.82, 2.24) is 9.80 Å². The van der Waals surface area contributed by atoms with Crippen molar-refractivity contribution in [2.75, 3.05) is 44.3 Å². The Hall–Kier alpha value is -2.10. The zero-order valence-electron chi connectivity index (χ0n) is 16.6. The van der Waals surface area contributed by atoms with Gasteiger partial charge in [-0.2, -0.15) is 0 Å². The number of nitrogens with zero attached hydrogens (tertiary/aromatic N) is 2. The van der Waals surface area contributed by atoms with E-state index in [1.54, 1.807) is 17.9 Å². The highest BCUT2D eigenvalue weighted by Crippen LogP contribution is 2.31. The Labute approximate surface area is 179 Å². The van der Waals surface area contributed by atoms with Gasteiger partial charge in [0.1, 0.15) is 11.3 Å².